The molecule has 2 aliphatic rings. The molecule has 8 heteroatoms. The summed E-state index contributed by atoms with van der Waals surface area (Å²) in [5.41, 5.74) is 2.74. The van der Waals surface area contributed by atoms with Crippen LogP contribution in [0.15, 0.2) is 18.2 Å². The molecule has 1 aromatic rings. The van der Waals surface area contributed by atoms with E-state index >= 15 is 0 Å². The molecule has 2 heterocycles. The molecule has 2 aliphatic heterocycles. The summed E-state index contributed by atoms with van der Waals surface area (Å²) in [6.07, 6.45) is 1.12. The molecule has 0 aromatic heterocycles. The number of piperidine rings is 1. The first-order valence-electron chi connectivity index (χ1n) is 11.0. The summed E-state index contributed by atoms with van der Waals surface area (Å²) < 4.78 is 28.0. The van der Waals surface area contributed by atoms with E-state index in [9.17, 15) is 13.2 Å². The normalized spacial score (nSPS) is 19.8. The van der Waals surface area contributed by atoms with Crippen LogP contribution in [-0.2, 0) is 10.0 Å². The van der Waals surface area contributed by atoms with Crippen LogP contribution in [0.2, 0.25) is 0 Å². The summed E-state index contributed by atoms with van der Waals surface area (Å²) in [5.74, 6) is 0.427. The van der Waals surface area contributed by atoms with Crippen molar-refractivity contribution in [3.05, 3.63) is 29.3 Å². The van der Waals surface area contributed by atoms with E-state index in [1.807, 2.05) is 18.2 Å². The second-order valence-corrected chi connectivity index (χ2v) is 11.3. The molecular weight excluding hydrogens is 400 g/mol. The summed E-state index contributed by atoms with van der Waals surface area (Å²) in [7, 11) is -1.62. The number of nitrogens with one attached hydrogen (secondary N) is 2. The van der Waals surface area contributed by atoms with Crippen LogP contribution in [-0.4, -0.2) is 68.8 Å². The van der Waals surface area contributed by atoms with Gasteiger partial charge in [-0.25, -0.2) is 17.9 Å². The van der Waals surface area contributed by atoms with Crippen LogP contribution in [0.5, 0.6) is 0 Å². The van der Waals surface area contributed by atoms with Crippen molar-refractivity contribution in [1.82, 2.24) is 14.5 Å². The van der Waals surface area contributed by atoms with Crippen LogP contribution < -0.4 is 10.0 Å². The number of rotatable bonds is 6. The van der Waals surface area contributed by atoms with Crippen molar-refractivity contribution in [2.45, 2.75) is 63.7 Å². The van der Waals surface area contributed by atoms with Gasteiger partial charge in [0.05, 0.1) is 5.25 Å². The molecule has 0 aliphatic carbocycles. The minimum atomic E-state index is -3.72. The van der Waals surface area contributed by atoms with Crippen LogP contribution in [0, 0.1) is 0 Å². The molecule has 2 N–H and O–H groups in total. The van der Waals surface area contributed by atoms with E-state index in [1.54, 1.807) is 0 Å². The Kier molecular flexibility index (Phi) is 7.09. The molecule has 0 radical (unpaired) electrons. The molecule has 1 aromatic carbocycles. The molecular formula is C22H36N4O3S. The molecule has 0 saturated carbocycles. The monoisotopic (exact) mass is 436 g/mol. The quantitative estimate of drug-likeness (QED) is 0.716. The van der Waals surface area contributed by atoms with Gasteiger partial charge in [0.2, 0.25) is 10.0 Å². The lowest BCUT2D eigenvalue weighted by Gasteiger charge is -2.46. The molecule has 7 nitrogen and oxygen atoms in total. The van der Waals surface area contributed by atoms with Crippen molar-refractivity contribution >= 4 is 21.7 Å². The van der Waals surface area contributed by atoms with Gasteiger partial charge in [-0.05, 0) is 55.9 Å². The molecule has 0 unspecified atom stereocenters. The number of carbonyl (C=O) groups is 1. The third-order valence-corrected chi connectivity index (χ3v) is 8.14. The Labute approximate surface area is 181 Å². The van der Waals surface area contributed by atoms with Crippen LogP contribution in [0.3, 0.4) is 0 Å². The molecule has 2 fully saturated rings. The van der Waals surface area contributed by atoms with Gasteiger partial charge in [-0.1, -0.05) is 45.9 Å². The number of likely N-dealkylation sites (tertiary alicyclic amines) is 2. The van der Waals surface area contributed by atoms with Crippen molar-refractivity contribution in [2.75, 3.05) is 38.5 Å². The Morgan fingerprint density at radius 1 is 1.03 bits per heavy atom. The molecule has 2 saturated heterocycles. The fourth-order valence-electron chi connectivity index (χ4n) is 4.50. The van der Waals surface area contributed by atoms with Crippen molar-refractivity contribution in [3.8, 4) is 0 Å². The second kappa shape index (κ2) is 9.24. The maximum Gasteiger partial charge on any atom is 0.332 e. The number of anilines is 1. The third kappa shape index (κ3) is 5.15. The van der Waals surface area contributed by atoms with Gasteiger partial charge in [0.25, 0.3) is 0 Å². The number of likely N-dealkylation sites (N-methyl/N-ethyl adjacent to an activating group) is 1. The standard InChI is InChI=1S/C22H36N4O3S/c1-15(2)19-7-6-8-20(16(3)4)21(19)23-22(27)24-30(28,29)18-9-11-26(12-10-18)17-13-25(5)14-17/h6-8,15-18H,9-14H2,1-5H3,(H2,23,24,27). The highest BCUT2D eigenvalue weighted by molar-refractivity contribution is 7.90. The van der Waals surface area contributed by atoms with Gasteiger partial charge in [0.15, 0.2) is 0 Å². The Balaban J connectivity index is 1.63. The van der Waals surface area contributed by atoms with E-state index < -0.39 is 21.3 Å². The molecule has 0 bridgehead atoms. The molecule has 0 atom stereocenters. The number of para-hydroxylation sites is 1. The SMILES string of the molecule is CC(C)c1cccc(C(C)C)c1NC(=O)NS(=O)(=O)C1CCN(C2CN(C)C2)CC1. The Hall–Kier alpha value is -1.64. The minimum Gasteiger partial charge on any atom is -0.307 e. The number of nitrogens with zero attached hydrogens (tertiary/aromatic N) is 2. The van der Waals surface area contributed by atoms with E-state index in [4.69, 9.17) is 0 Å². The first kappa shape index (κ1) is 23.0. The lowest BCUT2D eigenvalue weighted by atomic mass is 9.93. The smallest absolute Gasteiger partial charge is 0.307 e. The average molecular weight is 437 g/mol. The predicted octanol–water partition coefficient (Wildman–Crippen LogP) is 3.16. The molecule has 30 heavy (non-hydrogen) atoms. The highest BCUT2D eigenvalue weighted by Gasteiger charge is 2.36. The Morgan fingerprint density at radius 2 is 1.57 bits per heavy atom. The van der Waals surface area contributed by atoms with Gasteiger partial charge in [-0.3, -0.25) is 4.90 Å². The molecule has 3 rings (SSSR count). The summed E-state index contributed by atoms with van der Waals surface area (Å²) >= 11 is 0. The van der Waals surface area contributed by atoms with Crippen LogP contribution >= 0.6 is 0 Å². The van der Waals surface area contributed by atoms with E-state index in [0.29, 0.717) is 18.9 Å². The highest BCUT2D eigenvalue weighted by Crippen LogP contribution is 2.32. The fourth-order valence-corrected chi connectivity index (χ4v) is 5.80. The van der Waals surface area contributed by atoms with Crippen molar-refractivity contribution in [2.24, 2.45) is 0 Å². The number of amides is 2. The van der Waals surface area contributed by atoms with Crippen molar-refractivity contribution < 1.29 is 13.2 Å². The second-order valence-electron chi connectivity index (χ2n) is 9.33. The lowest BCUT2D eigenvalue weighted by molar-refractivity contribution is 0.0407. The summed E-state index contributed by atoms with van der Waals surface area (Å²) in [6, 6.07) is 5.81. The fraction of sp³-hybridized carbons (Fsp3) is 0.682. The molecule has 2 amide bonds. The maximum absolute atomic E-state index is 12.8. The summed E-state index contributed by atoms with van der Waals surface area (Å²) in [5, 5.41) is 2.32. The lowest BCUT2D eigenvalue weighted by Crippen LogP contribution is -2.60. The number of hydrogen-bond acceptors (Lipinski definition) is 5. The number of sulfonamides is 1. The average Bonchev–Trinajstić information content (AvgIpc) is 2.65. The van der Waals surface area contributed by atoms with E-state index in [1.165, 1.54) is 0 Å². The van der Waals surface area contributed by atoms with Gasteiger partial charge < -0.3 is 10.2 Å². The molecule has 0 spiro atoms. The number of hydrogen-bond donors (Lipinski definition) is 2. The highest BCUT2D eigenvalue weighted by atomic mass is 32.2. The van der Waals surface area contributed by atoms with Gasteiger partial charge in [-0.15, -0.1) is 0 Å². The Bertz CT molecular complexity index is 829. The topological polar surface area (TPSA) is 81.8 Å². The van der Waals surface area contributed by atoms with Gasteiger partial charge in [-0.2, -0.15) is 0 Å². The largest absolute Gasteiger partial charge is 0.332 e. The zero-order valence-electron chi connectivity index (χ0n) is 18.8. The van der Waals surface area contributed by atoms with Gasteiger partial charge >= 0.3 is 6.03 Å². The predicted molar refractivity (Wildman–Crippen MR) is 122 cm³/mol. The van der Waals surface area contributed by atoms with E-state index in [-0.39, 0.29) is 11.8 Å². The van der Waals surface area contributed by atoms with Gasteiger partial charge in [0.1, 0.15) is 0 Å². The number of carbonyl (C=O) groups excluding carboxylic acids is 1. The summed E-state index contributed by atoms with van der Waals surface area (Å²) in [6.45, 7) is 11.9. The zero-order valence-corrected chi connectivity index (χ0v) is 19.6. The van der Waals surface area contributed by atoms with Crippen LogP contribution in [0.4, 0.5) is 10.5 Å². The Morgan fingerprint density at radius 3 is 2.03 bits per heavy atom. The third-order valence-electron chi connectivity index (χ3n) is 6.32. The number of benzene rings is 1. The van der Waals surface area contributed by atoms with E-state index in [2.05, 4.69) is 54.6 Å². The van der Waals surface area contributed by atoms with Gasteiger partial charge in [0, 0.05) is 24.8 Å². The first-order chi connectivity index (χ1) is 14.1. The minimum absolute atomic E-state index is 0.213. The first-order valence-corrected chi connectivity index (χ1v) is 12.5. The van der Waals surface area contributed by atoms with Crippen LogP contribution in [0.25, 0.3) is 0 Å². The maximum atomic E-state index is 12.8. The zero-order chi connectivity index (χ0) is 22.1. The van der Waals surface area contributed by atoms with Crippen molar-refractivity contribution in [1.29, 1.82) is 0 Å². The summed E-state index contributed by atoms with van der Waals surface area (Å²) in [4.78, 5) is 17.3. The van der Waals surface area contributed by atoms with Crippen LogP contribution in [0.1, 0.15) is 63.5 Å². The molecule has 168 valence electrons. The van der Waals surface area contributed by atoms with E-state index in [0.717, 1.165) is 43.0 Å². The van der Waals surface area contributed by atoms with Crippen molar-refractivity contribution in [3.63, 3.8) is 0 Å². The number of urea groups is 1.